The molecule has 0 spiro atoms. The van der Waals surface area contributed by atoms with E-state index in [2.05, 4.69) is 34.6 Å². The fourth-order valence-corrected chi connectivity index (χ4v) is 2.89. The molecular weight excluding hydrogens is 348 g/mol. The molecule has 5 heteroatoms. The van der Waals surface area contributed by atoms with Crippen LogP contribution in [-0.4, -0.2) is 20.9 Å². The van der Waals surface area contributed by atoms with Gasteiger partial charge >= 0.3 is 0 Å². The van der Waals surface area contributed by atoms with Crippen LogP contribution in [0.5, 0.6) is 0 Å². The minimum absolute atomic E-state index is 0.189. The van der Waals surface area contributed by atoms with Crippen molar-refractivity contribution in [2.24, 2.45) is 0 Å². The predicted molar refractivity (Wildman–Crippen MR) is 112 cm³/mol. The van der Waals surface area contributed by atoms with Crippen molar-refractivity contribution in [3.8, 4) is 5.69 Å². The summed E-state index contributed by atoms with van der Waals surface area (Å²) in [5.74, 6) is -0.189. The highest BCUT2D eigenvalue weighted by Gasteiger charge is 2.07. The Balaban J connectivity index is 1.51. The molecule has 0 aliphatic carbocycles. The first-order chi connectivity index (χ1) is 13.7. The molecule has 0 fully saturated rings. The molecule has 0 unspecified atom stereocenters. The first-order valence-corrected chi connectivity index (χ1v) is 9.22. The van der Waals surface area contributed by atoms with Gasteiger partial charge in [0.15, 0.2) is 0 Å². The summed E-state index contributed by atoms with van der Waals surface area (Å²) >= 11 is 0. The van der Waals surface area contributed by atoms with E-state index in [-0.39, 0.29) is 5.91 Å². The lowest BCUT2D eigenvalue weighted by molar-refractivity contribution is -0.111. The summed E-state index contributed by atoms with van der Waals surface area (Å²) in [6, 6.07) is 23.4. The van der Waals surface area contributed by atoms with Crippen LogP contribution >= 0.6 is 0 Å². The van der Waals surface area contributed by atoms with Crippen LogP contribution < -0.4 is 5.32 Å². The largest absolute Gasteiger partial charge is 0.322 e. The van der Waals surface area contributed by atoms with Gasteiger partial charge in [-0.3, -0.25) is 4.79 Å². The van der Waals surface area contributed by atoms with Crippen molar-refractivity contribution in [2.45, 2.75) is 13.3 Å². The van der Waals surface area contributed by atoms with Gasteiger partial charge in [-0.25, -0.2) is 0 Å². The number of benzene rings is 3. The van der Waals surface area contributed by atoms with Crippen LogP contribution in [0, 0.1) is 0 Å². The highest BCUT2D eigenvalue weighted by atomic mass is 16.1. The standard InChI is InChI=1S/C23H20N4O/c1-2-17-8-12-20(13-9-17)27-25-21-14-11-19(16-22(21)26-27)24-23(28)15-10-18-6-4-3-5-7-18/h3-16H,2H2,1H3,(H,24,28)/b15-10+. The van der Waals surface area contributed by atoms with Gasteiger partial charge in [-0.1, -0.05) is 49.4 Å². The number of nitrogens with one attached hydrogen (secondary N) is 1. The topological polar surface area (TPSA) is 59.8 Å². The van der Waals surface area contributed by atoms with Crippen LogP contribution in [0.25, 0.3) is 22.8 Å². The molecule has 4 aromatic rings. The number of aryl methyl sites for hydroxylation is 1. The van der Waals surface area contributed by atoms with Gasteiger partial charge in [-0.2, -0.15) is 4.80 Å². The summed E-state index contributed by atoms with van der Waals surface area (Å²) in [5.41, 5.74) is 5.34. The number of aromatic nitrogens is 3. The van der Waals surface area contributed by atoms with Gasteiger partial charge in [0.05, 0.1) is 5.69 Å². The Morgan fingerprint density at radius 2 is 1.71 bits per heavy atom. The van der Waals surface area contributed by atoms with E-state index in [1.54, 1.807) is 10.9 Å². The Hall–Kier alpha value is -3.73. The van der Waals surface area contributed by atoms with Gasteiger partial charge in [0.1, 0.15) is 11.0 Å². The molecule has 0 saturated heterocycles. The van der Waals surface area contributed by atoms with Crippen LogP contribution in [0.15, 0.2) is 78.9 Å². The SMILES string of the molecule is CCc1ccc(-n2nc3ccc(NC(=O)/C=C/c4ccccc4)cc3n2)cc1. The molecule has 5 nitrogen and oxygen atoms in total. The van der Waals surface area contributed by atoms with Crippen molar-refractivity contribution in [3.05, 3.63) is 90.0 Å². The third kappa shape index (κ3) is 3.99. The van der Waals surface area contributed by atoms with Gasteiger partial charge < -0.3 is 5.32 Å². The van der Waals surface area contributed by atoms with Crippen molar-refractivity contribution >= 4 is 28.7 Å². The maximum Gasteiger partial charge on any atom is 0.248 e. The Kier molecular flexibility index (Phi) is 4.97. The van der Waals surface area contributed by atoms with Gasteiger partial charge in [0.2, 0.25) is 5.91 Å². The molecule has 0 saturated carbocycles. The number of rotatable bonds is 5. The summed E-state index contributed by atoms with van der Waals surface area (Å²) in [5, 5.41) is 11.9. The minimum Gasteiger partial charge on any atom is -0.322 e. The zero-order valence-corrected chi connectivity index (χ0v) is 15.5. The second-order valence-corrected chi connectivity index (χ2v) is 6.45. The molecule has 1 amide bonds. The predicted octanol–water partition coefficient (Wildman–Crippen LogP) is 4.63. The van der Waals surface area contributed by atoms with E-state index in [1.807, 2.05) is 60.7 Å². The van der Waals surface area contributed by atoms with Gasteiger partial charge in [-0.05, 0) is 54.0 Å². The van der Waals surface area contributed by atoms with E-state index in [1.165, 1.54) is 11.6 Å². The molecular formula is C23H20N4O. The van der Waals surface area contributed by atoms with Crippen molar-refractivity contribution in [1.29, 1.82) is 0 Å². The average molecular weight is 368 g/mol. The molecule has 1 aromatic heterocycles. The Morgan fingerprint density at radius 1 is 0.964 bits per heavy atom. The molecule has 28 heavy (non-hydrogen) atoms. The Morgan fingerprint density at radius 3 is 2.46 bits per heavy atom. The fourth-order valence-electron chi connectivity index (χ4n) is 2.89. The quantitative estimate of drug-likeness (QED) is 0.522. The summed E-state index contributed by atoms with van der Waals surface area (Å²) in [6.45, 7) is 2.13. The van der Waals surface area contributed by atoms with Gasteiger partial charge in [0, 0.05) is 11.8 Å². The molecule has 0 radical (unpaired) electrons. The average Bonchev–Trinajstić information content (AvgIpc) is 3.16. The smallest absolute Gasteiger partial charge is 0.248 e. The van der Waals surface area contributed by atoms with Crippen molar-refractivity contribution < 1.29 is 4.79 Å². The number of hydrogen-bond donors (Lipinski definition) is 1. The second kappa shape index (κ2) is 7.88. The molecule has 138 valence electrons. The van der Waals surface area contributed by atoms with E-state index in [0.29, 0.717) is 5.69 Å². The summed E-state index contributed by atoms with van der Waals surface area (Å²) < 4.78 is 0. The number of carbonyl (C=O) groups excluding carboxylic acids is 1. The summed E-state index contributed by atoms with van der Waals surface area (Å²) in [6.07, 6.45) is 4.30. The molecule has 1 heterocycles. The molecule has 0 atom stereocenters. The van der Waals surface area contributed by atoms with Crippen molar-refractivity contribution in [3.63, 3.8) is 0 Å². The lowest BCUT2D eigenvalue weighted by Gasteiger charge is -2.01. The molecule has 4 rings (SSSR count). The Labute approximate surface area is 163 Å². The van der Waals surface area contributed by atoms with E-state index in [4.69, 9.17) is 0 Å². The first-order valence-electron chi connectivity index (χ1n) is 9.22. The van der Waals surface area contributed by atoms with Crippen LogP contribution in [0.3, 0.4) is 0 Å². The van der Waals surface area contributed by atoms with Gasteiger partial charge in [-0.15, -0.1) is 10.2 Å². The maximum absolute atomic E-state index is 12.2. The zero-order chi connectivity index (χ0) is 19.3. The number of fused-ring (bicyclic) bond motifs is 1. The number of nitrogens with zero attached hydrogens (tertiary/aromatic N) is 3. The van der Waals surface area contributed by atoms with E-state index >= 15 is 0 Å². The molecule has 3 aromatic carbocycles. The second-order valence-electron chi connectivity index (χ2n) is 6.45. The van der Waals surface area contributed by atoms with Crippen molar-refractivity contribution in [1.82, 2.24) is 15.0 Å². The normalized spacial score (nSPS) is 11.2. The number of carbonyl (C=O) groups is 1. The maximum atomic E-state index is 12.2. The fraction of sp³-hybridized carbons (Fsp3) is 0.0870. The number of hydrogen-bond acceptors (Lipinski definition) is 3. The molecule has 0 aliphatic rings. The summed E-state index contributed by atoms with van der Waals surface area (Å²) in [7, 11) is 0. The van der Waals surface area contributed by atoms with Crippen LogP contribution in [0.1, 0.15) is 18.1 Å². The van der Waals surface area contributed by atoms with Crippen LogP contribution in [0.4, 0.5) is 5.69 Å². The van der Waals surface area contributed by atoms with E-state index in [0.717, 1.165) is 28.7 Å². The highest BCUT2D eigenvalue weighted by Crippen LogP contribution is 2.18. The van der Waals surface area contributed by atoms with E-state index < -0.39 is 0 Å². The third-order valence-corrected chi connectivity index (χ3v) is 4.45. The molecule has 0 aliphatic heterocycles. The highest BCUT2D eigenvalue weighted by molar-refractivity contribution is 6.02. The third-order valence-electron chi connectivity index (χ3n) is 4.45. The number of amides is 1. The van der Waals surface area contributed by atoms with Gasteiger partial charge in [0.25, 0.3) is 0 Å². The first kappa shape index (κ1) is 17.7. The Bertz CT molecular complexity index is 1130. The minimum atomic E-state index is -0.189. The van der Waals surface area contributed by atoms with E-state index in [9.17, 15) is 4.79 Å². The zero-order valence-electron chi connectivity index (χ0n) is 15.5. The lowest BCUT2D eigenvalue weighted by atomic mass is 10.2. The van der Waals surface area contributed by atoms with Crippen LogP contribution in [-0.2, 0) is 11.2 Å². The van der Waals surface area contributed by atoms with Crippen LogP contribution in [0.2, 0.25) is 0 Å². The monoisotopic (exact) mass is 368 g/mol. The van der Waals surface area contributed by atoms with Crippen molar-refractivity contribution in [2.75, 3.05) is 5.32 Å². The molecule has 0 bridgehead atoms. The lowest BCUT2D eigenvalue weighted by Crippen LogP contribution is -2.07. The molecule has 1 N–H and O–H groups in total. The summed E-state index contributed by atoms with van der Waals surface area (Å²) in [4.78, 5) is 13.8. The number of anilines is 1.